The number of hydrogen-bond acceptors (Lipinski definition) is 10. The first kappa shape index (κ1) is 46.8. The van der Waals surface area contributed by atoms with Crippen molar-refractivity contribution in [2.24, 2.45) is 11.7 Å². The summed E-state index contributed by atoms with van der Waals surface area (Å²) in [4.78, 5) is 78.6. The normalized spacial score (nSPS) is 15.1. The number of carboxylic acid groups (broad SMARTS) is 1. The lowest BCUT2D eigenvalue weighted by atomic mass is 9.96. The third-order valence-electron chi connectivity index (χ3n) is 7.64. The van der Waals surface area contributed by atoms with E-state index in [4.69, 9.17) is 19.9 Å². The number of amides is 4. The zero-order valence-electron chi connectivity index (χ0n) is 33.7. The second kappa shape index (κ2) is 19.2. The summed E-state index contributed by atoms with van der Waals surface area (Å²) < 4.78 is 17.1. The molecule has 0 heterocycles. The highest BCUT2D eigenvalue weighted by Crippen LogP contribution is 2.20. The summed E-state index contributed by atoms with van der Waals surface area (Å²) in [6.45, 7) is 21.9. The van der Waals surface area contributed by atoms with Crippen molar-refractivity contribution in [2.75, 3.05) is 6.61 Å². The number of hydrogen-bond donors (Lipinski definition) is 6. The first-order valence-electron chi connectivity index (χ1n) is 17.9. The van der Waals surface area contributed by atoms with Crippen molar-refractivity contribution in [2.45, 2.75) is 156 Å². The quantitative estimate of drug-likeness (QED) is 0.120. The summed E-state index contributed by atoms with van der Waals surface area (Å²) in [6, 6.07) is 1.77. The van der Waals surface area contributed by atoms with Gasteiger partial charge in [0.25, 0.3) is 0 Å². The van der Waals surface area contributed by atoms with Crippen LogP contribution in [0.5, 0.6) is 5.75 Å². The van der Waals surface area contributed by atoms with E-state index in [0.717, 1.165) is 0 Å². The minimum Gasteiger partial charge on any atom is -0.488 e. The Balaban J connectivity index is 3.46. The van der Waals surface area contributed by atoms with Gasteiger partial charge in [0.05, 0.1) is 24.7 Å². The Labute approximate surface area is 314 Å². The van der Waals surface area contributed by atoms with Gasteiger partial charge in [0.15, 0.2) is 0 Å². The Morgan fingerprint density at radius 3 is 1.74 bits per heavy atom. The summed E-state index contributed by atoms with van der Waals surface area (Å²) in [6.07, 6.45) is -0.0275. The highest BCUT2D eigenvalue weighted by Gasteiger charge is 2.37. The van der Waals surface area contributed by atoms with Crippen molar-refractivity contribution in [3.8, 4) is 5.75 Å². The molecule has 300 valence electrons. The van der Waals surface area contributed by atoms with Gasteiger partial charge in [-0.1, -0.05) is 32.4 Å². The van der Waals surface area contributed by atoms with Crippen LogP contribution in [0.2, 0.25) is 0 Å². The number of benzene rings is 1. The number of rotatable bonds is 18. The molecule has 1 aromatic rings. The molecule has 0 saturated heterocycles. The molecular weight excluding hydrogens is 686 g/mol. The number of aliphatic carboxylic acids is 1. The average Bonchev–Trinajstić information content (AvgIpc) is 2.99. The van der Waals surface area contributed by atoms with E-state index < -0.39 is 94.4 Å². The summed E-state index contributed by atoms with van der Waals surface area (Å²) in [7, 11) is 0. The first-order valence-corrected chi connectivity index (χ1v) is 17.9. The molecular formula is C38H63N5O10. The van der Waals surface area contributed by atoms with Crippen LogP contribution < -0.4 is 31.7 Å². The third kappa shape index (κ3) is 17.9. The topological polar surface area (TPSA) is 224 Å². The highest BCUT2D eigenvalue weighted by molar-refractivity contribution is 5.96. The Morgan fingerprint density at radius 2 is 1.26 bits per heavy atom. The smallest absolute Gasteiger partial charge is 0.328 e. The molecule has 0 bridgehead atoms. The predicted molar refractivity (Wildman–Crippen MR) is 200 cm³/mol. The number of esters is 1. The Bertz CT molecular complexity index is 1420. The van der Waals surface area contributed by atoms with Gasteiger partial charge in [-0.05, 0) is 99.8 Å². The number of carbonyl (C=O) groups excluding carboxylic acids is 5. The molecule has 0 aliphatic heterocycles. The minimum atomic E-state index is -1.62. The predicted octanol–water partition coefficient (Wildman–Crippen LogP) is 2.76. The molecule has 15 heteroatoms. The molecule has 15 nitrogen and oxygen atoms in total. The van der Waals surface area contributed by atoms with Gasteiger partial charge in [-0.25, -0.2) is 4.79 Å². The molecule has 4 amide bonds. The molecule has 1 rings (SSSR count). The SMILES string of the molecule is CC[C@H](C)[C@H](NC(=O)[C@H](COC(C)(C)C)NC(=O)[C@H](Cc1ccc(OC(C)(C)C)cc1)NC(=O)[C@@H](N)CC(=O)OC(C)(C)C)C(=O)NC(C)(C)C(=O)O. The first-order chi connectivity index (χ1) is 24.0. The number of ether oxygens (including phenoxy) is 3. The third-order valence-corrected chi connectivity index (χ3v) is 7.64. The highest BCUT2D eigenvalue weighted by atomic mass is 16.6. The average molecular weight is 750 g/mol. The van der Waals surface area contributed by atoms with E-state index in [-0.39, 0.29) is 13.0 Å². The van der Waals surface area contributed by atoms with E-state index in [1.165, 1.54) is 13.8 Å². The van der Waals surface area contributed by atoms with Gasteiger partial charge in [0, 0.05) is 6.42 Å². The lowest BCUT2D eigenvalue weighted by molar-refractivity contribution is -0.156. The van der Waals surface area contributed by atoms with Gasteiger partial charge in [-0.15, -0.1) is 0 Å². The maximum atomic E-state index is 14.0. The number of carboxylic acids is 1. The fourth-order valence-electron chi connectivity index (χ4n) is 4.61. The van der Waals surface area contributed by atoms with E-state index in [9.17, 15) is 33.9 Å². The van der Waals surface area contributed by atoms with Crippen molar-refractivity contribution >= 4 is 35.6 Å². The zero-order chi connectivity index (χ0) is 41.1. The molecule has 0 aliphatic rings. The zero-order valence-corrected chi connectivity index (χ0v) is 33.7. The van der Waals surface area contributed by atoms with Crippen molar-refractivity contribution in [1.82, 2.24) is 21.3 Å². The van der Waals surface area contributed by atoms with E-state index in [1.807, 2.05) is 27.7 Å². The Kier molecular flexibility index (Phi) is 16.9. The lowest BCUT2D eigenvalue weighted by Crippen LogP contribution is -2.62. The lowest BCUT2D eigenvalue weighted by Gasteiger charge is -2.31. The molecule has 5 atom stereocenters. The van der Waals surface area contributed by atoms with Crippen LogP contribution in [0.1, 0.15) is 108 Å². The second-order valence-electron chi connectivity index (χ2n) is 16.8. The minimum absolute atomic E-state index is 0.0385. The van der Waals surface area contributed by atoms with Gasteiger partial charge in [0.2, 0.25) is 23.6 Å². The molecule has 0 spiro atoms. The van der Waals surface area contributed by atoms with Crippen LogP contribution in [0.25, 0.3) is 0 Å². The Hall–Kier alpha value is -4.24. The van der Waals surface area contributed by atoms with E-state index in [0.29, 0.717) is 17.7 Å². The largest absolute Gasteiger partial charge is 0.488 e. The maximum Gasteiger partial charge on any atom is 0.328 e. The summed E-state index contributed by atoms with van der Waals surface area (Å²) in [5, 5.41) is 20.0. The van der Waals surface area contributed by atoms with Gasteiger partial charge in [-0.2, -0.15) is 0 Å². The van der Waals surface area contributed by atoms with Crippen LogP contribution in [0.3, 0.4) is 0 Å². The fourth-order valence-corrected chi connectivity index (χ4v) is 4.61. The molecule has 0 radical (unpaired) electrons. The summed E-state index contributed by atoms with van der Waals surface area (Å²) in [5.41, 5.74) is 3.09. The van der Waals surface area contributed by atoms with Gasteiger partial charge in [0.1, 0.15) is 40.6 Å². The van der Waals surface area contributed by atoms with Crippen molar-refractivity contribution in [1.29, 1.82) is 0 Å². The molecule has 1 aromatic carbocycles. The van der Waals surface area contributed by atoms with E-state index >= 15 is 0 Å². The van der Waals surface area contributed by atoms with Crippen molar-refractivity contribution < 1.29 is 48.1 Å². The number of nitrogens with two attached hydrogens (primary N) is 1. The Morgan fingerprint density at radius 1 is 0.736 bits per heavy atom. The maximum absolute atomic E-state index is 14.0. The molecule has 0 saturated carbocycles. The van der Waals surface area contributed by atoms with E-state index in [1.54, 1.807) is 72.7 Å². The molecule has 0 unspecified atom stereocenters. The second-order valence-corrected chi connectivity index (χ2v) is 16.8. The van der Waals surface area contributed by atoms with Crippen LogP contribution in [0.15, 0.2) is 24.3 Å². The fraction of sp³-hybridized carbons (Fsp3) is 0.684. The molecule has 0 fully saturated rings. The monoisotopic (exact) mass is 749 g/mol. The van der Waals surface area contributed by atoms with Gasteiger partial charge < -0.3 is 46.3 Å². The van der Waals surface area contributed by atoms with E-state index in [2.05, 4.69) is 21.3 Å². The van der Waals surface area contributed by atoms with Gasteiger partial charge in [-0.3, -0.25) is 24.0 Å². The van der Waals surface area contributed by atoms with Crippen molar-refractivity contribution in [3.05, 3.63) is 29.8 Å². The number of carbonyl (C=O) groups is 6. The van der Waals surface area contributed by atoms with Crippen LogP contribution >= 0.6 is 0 Å². The van der Waals surface area contributed by atoms with Crippen LogP contribution in [-0.2, 0) is 44.7 Å². The summed E-state index contributed by atoms with van der Waals surface area (Å²) in [5.74, 6) is -4.85. The molecule has 7 N–H and O–H groups in total. The molecule has 0 aliphatic carbocycles. The number of nitrogens with one attached hydrogen (secondary N) is 4. The summed E-state index contributed by atoms with van der Waals surface area (Å²) >= 11 is 0. The van der Waals surface area contributed by atoms with Crippen molar-refractivity contribution in [3.63, 3.8) is 0 Å². The van der Waals surface area contributed by atoms with Crippen LogP contribution in [0, 0.1) is 5.92 Å². The van der Waals surface area contributed by atoms with Crippen LogP contribution in [-0.4, -0.2) is 93.8 Å². The standard InChI is InChI=1S/C38H63N5O10/c1-14-22(2)29(33(48)43-38(12,13)34(49)50)42-32(47)27(21-51-35(3,4)5)41-31(46)26(19-23-15-17-24(18-16-23)52-36(6,7)8)40-30(45)25(39)20-28(44)53-37(9,10)11/h15-18,22,25-27,29H,14,19-21,39H2,1-13H3,(H,40,45)(H,41,46)(H,42,47)(H,43,48)(H,49,50)/t22-,25-,26-,27-,29-/m0/s1. The van der Waals surface area contributed by atoms with Crippen LogP contribution in [0.4, 0.5) is 0 Å². The molecule has 53 heavy (non-hydrogen) atoms. The molecule has 0 aromatic heterocycles. The van der Waals surface area contributed by atoms with Gasteiger partial charge >= 0.3 is 11.9 Å².